The number of nitrogens with one attached hydrogen (secondary N) is 1. The quantitative estimate of drug-likeness (QED) is 0.732. The van der Waals surface area contributed by atoms with Crippen LogP contribution in [0.2, 0.25) is 10.0 Å². The molecule has 3 aromatic rings. The van der Waals surface area contributed by atoms with Gasteiger partial charge in [0.2, 0.25) is 0 Å². The summed E-state index contributed by atoms with van der Waals surface area (Å²) in [6, 6.07) is 10.2. The van der Waals surface area contributed by atoms with Gasteiger partial charge in [-0.05, 0) is 29.8 Å². The zero-order valence-electron chi connectivity index (χ0n) is 13.2. The third kappa shape index (κ3) is 3.67. The first kappa shape index (κ1) is 17.5. The summed E-state index contributed by atoms with van der Waals surface area (Å²) in [6.45, 7) is 0. The molecule has 0 saturated carbocycles. The normalized spacial score (nSPS) is 12.0. The molecule has 0 bridgehead atoms. The van der Waals surface area contributed by atoms with Gasteiger partial charge in [0, 0.05) is 19.4 Å². The van der Waals surface area contributed by atoms with Crippen molar-refractivity contribution in [3.8, 4) is 0 Å². The molecule has 0 aliphatic heterocycles. The highest BCUT2D eigenvalue weighted by atomic mass is 35.5. The maximum Gasteiger partial charge on any atom is 0.253 e. The largest absolute Gasteiger partial charge is 0.338 e. The molecule has 1 unspecified atom stereocenters. The molecule has 128 valence electrons. The van der Waals surface area contributed by atoms with Gasteiger partial charge in [-0.3, -0.25) is 4.79 Å². The zero-order valence-corrected chi connectivity index (χ0v) is 14.7. The first-order chi connectivity index (χ1) is 12.0. The van der Waals surface area contributed by atoms with Gasteiger partial charge in [0.1, 0.15) is 17.7 Å². The minimum absolute atomic E-state index is 0.166. The number of aromatic nitrogens is 2. The molecule has 0 spiro atoms. The van der Waals surface area contributed by atoms with Crippen LogP contribution >= 0.6 is 23.2 Å². The van der Waals surface area contributed by atoms with Crippen molar-refractivity contribution in [3.05, 3.63) is 87.7 Å². The van der Waals surface area contributed by atoms with E-state index in [1.807, 2.05) is 0 Å². The van der Waals surface area contributed by atoms with Crippen LogP contribution in [0.3, 0.4) is 0 Å². The van der Waals surface area contributed by atoms with Crippen molar-refractivity contribution in [2.75, 3.05) is 0 Å². The number of benzene rings is 2. The molecular weight excluding hydrogens is 364 g/mol. The Morgan fingerprint density at radius 1 is 1.24 bits per heavy atom. The SMILES string of the molecule is Cn1ccnc1C(NC(=O)c1cccc(Cl)c1Cl)c1cccc(F)c1. The molecule has 4 nitrogen and oxygen atoms in total. The topological polar surface area (TPSA) is 46.9 Å². The number of aryl methyl sites for hydroxylation is 1. The third-order valence-corrected chi connectivity index (χ3v) is 4.59. The lowest BCUT2D eigenvalue weighted by atomic mass is 10.0. The molecule has 0 fully saturated rings. The molecule has 0 radical (unpaired) electrons. The summed E-state index contributed by atoms with van der Waals surface area (Å²) in [4.78, 5) is 17.0. The predicted octanol–water partition coefficient (Wildman–Crippen LogP) is 4.39. The molecule has 0 saturated heterocycles. The molecule has 1 atom stereocenters. The summed E-state index contributed by atoms with van der Waals surface area (Å²) >= 11 is 12.1. The summed E-state index contributed by atoms with van der Waals surface area (Å²) in [5.41, 5.74) is 0.811. The van der Waals surface area contributed by atoms with Gasteiger partial charge in [0.25, 0.3) is 5.91 Å². The second-order valence-corrected chi connectivity index (χ2v) is 6.24. The first-order valence-electron chi connectivity index (χ1n) is 7.45. The second kappa shape index (κ2) is 7.25. The Balaban J connectivity index is 2.00. The molecule has 2 aromatic carbocycles. The van der Waals surface area contributed by atoms with Gasteiger partial charge in [-0.2, -0.15) is 0 Å². The third-order valence-electron chi connectivity index (χ3n) is 3.77. The van der Waals surface area contributed by atoms with E-state index in [2.05, 4.69) is 10.3 Å². The molecule has 1 aromatic heterocycles. The van der Waals surface area contributed by atoms with Crippen molar-refractivity contribution >= 4 is 29.1 Å². The standard InChI is InChI=1S/C18H14Cl2FN3O/c1-24-9-8-22-17(24)16(11-4-2-5-12(21)10-11)23-18(25)13-6-3-7-14(19)15(13)20/h2-10,16H,1H3,(H,23,25). The first-order valence-corrected chi connectivity index (χ1v) is 8.20. The fraction of sp³-hybridized carbons (Fsp3) is 0.111. The molecule has 3 rings (SSSR count). The minimum Gasteiger partial charge on any atom is -0.338 e. The van der Waals surface area contributed by atoms with E-state index >= 15 is 0 Å². The van der Waals surface area contributed by atoms with Crippen molar-refractivity contribution < 1.29 is 9.18 Å². The Bertz CT molecular complexity index is 926. The van der Waals surface area contributed by atoms with Crippen LogP contribution in [0.15, 0.2) is 54.9 Å². The number of nitrogens with zero attached hydrogens (tertiary/aromatic N) is 2. The highest BCUT2D eigenvalue weighted by Gasteiger charge is 2.23. The molecule has 7 heteroatoms. The van der Waals surface area contributed by atoms with E-state index in [1.165, 1.54) is 12.1 Å². The van der Waals surface area contributed by atoms with Crippen molar-refractivity contribution in [3.63, 3.8) is 0 Å². The average molecular weight is 378 g/mol. The zero-order chi connectivity index (χ0) is 18.0. The highest BCUT2D eigenvalue weighted by molar-refractivity contribution is 6.43. The van der Waals surface area contributed by atoms with Gasteiger partial charge >= 0.3 is 0 Å². The van der Waals surface area contributed by atoms with Gasteiger partial charge in [0.05, 0.1) is 15.6 Å². The van der Waals surface area contributed by atoms with Crippen LogP contribution in [0.5, 0.6) is 0 Å². The summed E-state index contributed by atoms with van der Waals surface area (Å²) < 4.78 is 15.4. The Kier molecular flexibility index (Phi) is 5.06. The number of halogens is 3. The van der Waals surface area contributed by atoms with E-state index in [1.54, 1.807) is 54.3 Å². The Morgan fingerprint density at radius 2 is 2.00 bits per heavy atom. The average Bonchev–Trinajstić information content (AvgIpc) is 3.00. The van der Waals surface area contributed by atoms with Crippen molar-refractivity contribution in [2.45, 2.75) is 6.04 Å². The summed E-state index contributed by atoms with van der Waals surface area (Å²) in [5.74, 6) is -0.256. The fourth-order valence-electron chi connectivity index (χ4n) is 2.53. The van der Waals surface area contributed by atoms with Crippen LogP contribution in [-0.2, 0) is 7.05 Å². The van der Waals surface area contributed by atoms with Gasteiger partial charge in [-0.25, -0.2) is 9.37 Å². The monoisotopic (exact) mass is 377 g/mol. The second-order valence-electron chi connectivity index (χ2n) is 5.46. The van der Waals surface area contributed by atoms with Crippen LogP contribution in [0, 0.1) is 5.82 Å². The van der Waals surface area contributed by atoms with Crippen molar-refractivity contribution in [1.82, 2.24) is 14.9 Å². The van der Waals surface area contributed by atoms with Crippen LogP contribution in [0.4, 0.5) is 4.39 Å². The molecule has 0 aliphatic carbocycles. The lowest BCUT2D eigenvalue weighted by molar-refractivity contribution is 0.0941. The van der Waals surface area contributed by atoms with Crippen molar-refractivity contribution in [1.29, 1.82) is 0 Å². The maximum absolute atomic E-state index is 13.7. The lowest BCUT2D eigenvalue weighted by Gasteiger charge is -2.20. The van der Waals surface area contributed by atoms with E-state index in [0.717, 1.165) is 0 Å². The van der Waals surface area contributed by atoms with Crippen LogP contribution in [0.1, 0.15) is 27.8 Å². The lowest BCUT2D eigenvalue weighted by Crippen LogP contribution is -2.31. The van der Waals surface area contributed by atoms with Gasteiger partial charge < -0.3 is 9.88 Å². The Hall–Kier alpha value is -2.37. The smallest absolute Gasteiger partial charge is 0.253 e. The number of hydrogen-bond acceptors (Lipinski definition) is 2. The molecular formula is C18H14Cl2FN3O. The fourth-order valence-corrected chi connectivity index (χ4v) is 2.91. The van der Waals surface area contributed by atoms with E-state index < -0.39 is 17.8 Å². The Morgan fingerprint density at radius 3 is 2.68 bits per heavy atom. The van der Waals surface area contributed by atoms with E-state index in [9.17, 15) is 9.18 Å². The van der Waals surface area contributed by atoms with Gasteiger partial charge in [0.15, 0.2) is 0 Å². The minimum atomic E-state index is -0.641. The summed E-state index contributed by atoms with van der Waals surface area (Å²) in [5, 5.41) is 3.31. The molecule has 0 aliphatic rings. The number of imidazole rings is 1. The number of carbonyl (C=O) groups is 1. The van der Waals surface area contributed by atoms with Gasteiger partial charge in [-0.15, -0.1) is 0 Å². The van der Waals surface area contributed by atoms with Crippen LogP contribution < -0.4 is 5.32 Å². The number of hydrogen-bond donors (Lipinski definition) is 1. The van der Waals surface area contributed by atoms with E-state index in [0.29, 0.717) is 11.4 Å². The van der Waals surface area contributed by atoms with Crippen LogP contribution in [-0.4, -0.2) is 15.5 Å². The summed E-state index contributed by atoms with van der Waals surface area (Å²) in [7, 11) is 1.80. The number of rotatable bonds is 4. The maximum atomic E-state index is 13.7. The molecule has 25 heavy (non-hydrogen) atoms. The summed E-state index contributed by atoms with van der Waals surface area (Å²) in [6.07, 6.45) is 3.36. The number of carbonyl (C=O) groups excluding carboxylic acids is 1. The van der Waals surface area contributed by atoms with Crippen LogP contribution in [0.25, 0.3) is 0 Å². The van der Waals surface area contributed by atoms with Crippen molar-refractivity contribution in [2.24, 2.45) is 7.05 Å². The predicted molar refractivity (Wildman–Crippen MR) is 95.4 cm³/mol. The van der Waals surface area contributed by atoms with E-state index in [-0.39, 0.29) is 15.6 Å². The van der Waals surface area contributed by atoms with Gasteiger partial charge in [-0.1, -0.05) is 41.4 Å². The highest BCUT2D eigenvalue weighted by Crippen LogP contribution is 2.27. The number of amides is 1. The molecule has 1 heterocycles. The van der Waals surface area contributed by atoms with E-state index in [4.69, 9.17) is 23.2 Å². The molecule has 1 amide bonds. The Labute approximate surface area is 154 Å². The molecule has 1 N–H and O–H groups in total.